The molecule has 3 aromatic carbocycles. The third kappa shape index (κ3) is 4.50. The van der Waals surface area contributed by atoms with E-state index in [-0.39, 0.29) is 17.7 Å². The van der Waals surface area contributed by atoms with Crippen molar-refractivity contribution in [2.75, 3.05) is 0 Å². The number of hydrogen-bond acceptors (Lipinski definition) is 2. The lowest BCUT2D eigenvalue weighted by atomic mass is 9.99. The number of allylic oxidation sites excluding steroid dienone is 1. The van der Waals surface area contributed by atoms with Crippen LogP contribution in [0.3, 0.4) is 0 Å². The Morgan fingerprint density at radius 1 is 1.00 bits per heavy atom. The summed E-state index contributed by atoms with van der Waals surface area (Å²) >= 11 is 0. The van der Waals surface area contributed by atoms with Gasteiger partial charge in [0.05, 0.1) is 6.10 Å². The minimum absolute atomic E-state index is 0.223. The van der Waals surface area contributed by atoms with Crippen molar-refractivity contribution in [3.8, 4) is 16.9 Å². The maximum atomic E-state index is 14.6. The zero-order chi connectivity index (χ0) is 18.5. The fourth-order valence-corrected chi connectivity index (χ4v) is 3.02. The average molecular weight is 350 g/mol. The number of halogens is 1. The van der Waals surface area contributed by atoms with Crippen molar-refractivity contribution in [2.45, 2.75) is 32.3 Å². The van der Waals surface area contributed by atoms with Crippen molar-refractivity contribution in [1.82, 2.24) is 0 Å². The molecule has 0 spiro atoms. The quantitative estimate of drug-likeness (QED) is 0.542. The van der Waals surface area contributed by atoms with Crippen LogP contribution in [-0.2, 0) is 0 Å². The second-order valence-corrected chi connectivity index (χ2v) is 6.67. The zero-order valence-corrected chi connectivity index (χ0v) is 14.8. The van der Waals surface area contributed by atoms with Gasteiger partial charge in [-0.05, 0) is 72.4 Å². The van der Waals surface area contributed by atoms with Gasteiger partial charge in [0.15, 0.2) is 0 Å². The van der Waals surface area contributed by atoms with Crippen molar-refractivity contribution in [2.24, 2.45) is 0 Å². The van der Waals surface area contributed by atoms with Gasteiger partial charge in [0.1, 0.15) is 11.6 Å². The topological polar surface area (TPSA) is 40.5 Å². The van der Waals surface area contributed by atoms with Gasteiger partial charge in [0, 0.05) is 5.56 Å². The van der Waals surface area contributed by atoms with Crippen LogP contribution in [0, 0.1) is 5.82 Å². The Morgan fingerprint density at radius 3 is 2.54 bits per heavy atom. The molecule has 0 aromatic heterocycles. The van der Waals surface area contributed by atoms with E-state index >= 15 is 0 Å². The SMILES string of the molecule is CC(O)CCCC=Cc1ccc(-c2ccc3cc(O)ccc3c2)c(F)c1. The first-order valence-corrected chi connectivity index (χ1v) is 8.90. The fourth-order valence-electron chi connectivity index (χ4n) is 3.02. The fraction of sp³-hybridized carbons (Fsp3) is 0.217. The molecule has 0 aliphatic carbocycles. The molecule has 0 aliphatic rings. The predicted octanol–water partition coefficient (Wildman–Crippen LogP) is 5.92. The van der Waals surface area contributed by atoms with E-state index in [2.05, 4.69) is 0 Å². The summed E-state index contributed by atoms with van der Waals surface area (Å²) in [4.78, 5) is 0. The minimum atomic E-state index is -0.272. The van der Waals surface area contributed by atoms with Crippen molar-refractivity contribution in [3.05, 3.63) is 72.1 Å². The number of phenolic OH excluding ortho intramolecular Hbond substituents is 1. The largest absolute Gasteiger partial charge is 0.508 e. The summed E-state index contributed by atoms with van der Waals surface area (Å²) in [5.41, 5.74) is 2.20. The van der Waals surface area contributed by atoms with Crippen molar-refractivity contribution in [3.63, 3.8) is 0 Å². The van der Waals surface area contributed by atoms with E-state index in [4.69, 9.17) is 0 Å². The maximum absolute atomic E-state index is 14.6. The molecule has 26 heavy (non-hydrogen) atoms. The molecule has 3 heteroatoms. The van der Waals surface area contributed by atoms with Gasteiger partial charge in [-0.3, -0.25) is 0 Å². The standard InChI is InChI=1S/C23H23FO2/c1-16(25)5-3-2-4-6-17-7-12-22(23(24)13-17)20-9-8-19-15-21(26)11-10-18(19)14-20/h4,6-16,25-26H,2-3,5H2,1H3. The number of phenols is 1. The third-order valence-corrected chi connectivity index (χ3v) is 4.43. The number of rotatable bonds is 6. The number of fused-ring (bicyclic) bond motifs is 1. The van der Waals surface area contributed by atoms with Crippen LogP contribution < -0.4 is 0 Å². The van der Waals surface area contributed by atoms with Crippen LogP contribution in [0.1, 0.15) is 31.7 Å². The zero-order valence-electron chi connectivity index (χ0n) is 14.8. The van der Waals surface area contributed by atoms with Crippen LogP contribution in [0.15, 0.2) is 60.7 Å². The molecule has 0 heterocycles. The Kier molecular flexibility index (Phi) is 5.69. The van der Waals surface area contributed by atoms with E-state index in [9.17, 15) is 14.6 Å². The van der Waals surface area contributed by atoms with Gasteiger partial charge in [-0.25, -0.2) is 4.39 Å². The average Bonchev–Trinajstić information content (AvgIpc) is 2.61. The Balaban J connectivity index is 1.77. The van der Waals surface area contributed by atoms with Gasteiger partial charge < -0.3 is 10.2 Å². The maximum Gasteiger partial charge on any atom is 0.131 e. The highest BCUT2D eigenvalue weighted by Gasteiger charge is 2.07. The summed E-state index contributed by atoms with van der Waals surface area (Å²) in [5, 5.41) is 20.7. The van der Waals surface area contributed by atoms with E-state index in [0.29, 0.717) is 5.56 Å². The molecule has 0 saturated heterocycles. The first kappa shape index (κ1) is 18.2. The summed E-state index contributed by atoms with van der Waals surface area (Å²) in [6.45, 7) is 1.79. The van der Waals surface area contributed by atoms with E-state index in [1.165, 1.54) is 0 Å². The monoisotopic (exact) mass is 350 g/mol. The molecule has 3 rings (SSSR count). The van der Waals surface area contributed by atoms with Crippen LogP contribution >= 0.6 is 0 Å². The summed E-state index contributed by atoms with van der Waals surface area (Å²) in [5.74, 6) is -0.0322. The molecular formula is C23H23FO2. The van der Waals surface area contributed by atoms with Crippen LogP contribution in [0.2, 0.25) is 0 Å². The van der Waals surface area contributed by atoms with Gasteiger partial charge in [-0.15, -0.1) is 0 Å². The lowest BCUT2D eigenvalue weighted by Gasteiger charge is -2.07. The number of unbranched alkanes of at least 4 members (excludes halogenated alkanes) is 1. The number of aromatic hydroxyl groups is 1. The molecular weight excluding hydrogens is 327 g/mol. The van der Waals surface area contributed by atoms with E-state index in [1.54, 1.807) is 31.2 Å². The van der Waals surface area contributed by atoms with Crippen LogP contribution in [0.4, 0.5) is 4.39 Å². The lowest BCUT2D eigenvalue weighted by molar-refractivity contribution is 0.182. The molecule has 1 unspecified atom stereocenters. The van der Waals surface area contributed by atoms with E-state index in [1.807, 2.05) is 42.5 Å². The summed E-state index contributed by atoms with van der Waals surface area (Å²) in [6.07, 6.45) is 6.22. The van der Waals surface area contributed by atoms with Crippen LogP contribution in [-0.4, -0.2) is 16.3 Å². The number of benzene rings is 3. The highest BCUT2D eigenvalue weighted by atomic mass is 19.1. The molecule has 0 bridgehead atoms. The Bertz CT molecular complexity index is 929. The van der Waals surface area contributed by atoms with Crippen molar-refractivity contribution in [1.29, 1.82) is 0 Å². The number of aliphatic hydroxyl groups is 1. The first-order chi connectivity index (χ1) is 12.5. The van der Waals surface area contributed by atoms with Crippen molar-refractivity contribution >= 4 is 16.8 Å². The number of hydrogen-bond donors (Lipinski definition) is 2. The van der Waals surface area contributed by atoms with Gasteiger partial charge in [-0.2, -0.15) is 0 Å². The molecule has 0 saturated carbocycles. The van der Waals surface area contributed by atoms with Gasteiger partial charge in [-0.1, -0.05) is 42.5 Å². The smallest absolute Gasteiger partial charge is 0.131 e. The highest BCUT2D eigenvalue weighted by molar-refractivity contribution is 5.88. The summed E-state index contributed by atoms with van der Waals surface area (Å²) in [6, 6.07) is 16.1. The normalized spacial score (nSPS) is 12.7. The molecule has 2 N–H and O–H groups in total. The summed E-state index contributed by atoms with van der Waals surface area (Å²) < 4.78 is 14.6. The third-order valence-electron chi connectivity index (χ3n) is 4.43. The highest BCUT2D eigenvalue weighted by Crippen LogP contribution is 2.29. The predicted molar refractivity (Wildman–Crippen MR) is 106 cm³/mol. The van der Waals surface area contributed by atoms with Crippen LogP contribution in [0.25, 0.3) is 28.0 Å². The van der Waals surface area contributed by atoms with Crippen LogP contribution in [0.5, 0.6) is 5.75 Å². The Hall–Kier alpha value is -2.65. The molecule has 0 fully saturated rings. The van der Waals surface area contributed by atoms with Crippen molar-refractivity contribution < 1.29 is 14.6 Å². The first-order valence-electron chi connectivity index (χ1n) is 8.90. The molecule has 0 radical (unpaired) electrons. The minimum Gasteiger partial charge on any atom is -0.508 e. The second-order valence-electron chi connectivity index (χ2n) is 6.67. The Labute approximate surface area is 153 Å². The number of aliphatic hydroxyl groups excluding tert-OH is 1. The molecule has 0 aliphatic heterocycles. The van der Waals surface area contributed by atoms with Gasteiger partial charge >= 0.3 is 0 Å². The molecule has 1 atom stereocenters. The van der Waals surface area contributed by atoms with Gasteiger partial charge in [0.25, 0.3) is 0 Å². The molecule has 2 nitrogen and oxygen atoms in total. The molecule has 134 valence electrons. The molecule has 0 amide bonds. The van der Waals surface area contributed by atoms with E-state index in [0.717, 1.165) is 41.2 Å². The summed E-state index contributed by atoms with van der Waals surface area (Å²) in [7, 11) is 0. The van der Waals surface area contributed by atoms with Gasteiger partial charge in [0.2, 0.25) is 0 Å². The lowest BCUT2D eigenvalue weighted by Crippen LogP contribution is -1.97. The molecule has 3 aromatic rings. The van der Waals surface area contributed by atoms with E-state index < -0.39 is 0 Å². The Morgan fingerprint density at radius 2 is 1.77 bits per heavy atom. The second kappa shape index (κ2) is 8.15.